The fourth-order valence-electron chi connectivity index (χ4n) is 3.12. The first-order chi connectivity index (χ1) is 11.7. The molecule has 0 radical (unpaired) electrons. The standard InChI is InChI=1S/C18H18N4O2/c23-17-13-6-2-3-7-14(13)18(24)22(21-17)10-9-16-19-11-12-5-1-4-8-15(12)20-16/h1-8,16,19-20H,9-11H2,(H,21,23)/t16-/m0/s1. The summed E-state index contributed by atoms with van der Waals surface area (Å²) >= 11 is 0. The lowest BCUT2D eigenvalue weighted by Gasteiger charge is -2.28. The van der Waals surface area contributed by atoms with Gasteiger partial charge in [0.1, 0.15) is 0 Å². The highest BCUT2D eigenvalue weighted by Crippen LogP contribution is 2.20. The first-order valence-corrected chi connectivity index (χ1v) is 8.02. The van der Waals surface area contributed by atoms with Crippen LogP contribution in [0.15, 0.2) is 58.1 Å². The summed E-state index contributed by atoms with van der Waals surface area (Å²) < 4.78 is 1.40. The van der Waals surface area contributed by atoms with Crippen molar-refractivity contribution in [1.82, 2.24) is 15.1 Å². The van der Waals surface area contributed by atoms with Gasteiger partial charge in [-0.2, -0.15) is 0 Å². The third kappa shape index (κ3) is 2.61. The van der Waals surface area contributed by atoms with E-state index in [1.807, 2.05) is 18.2 Å². The van der Waals surface area contributed by atoms with Gasteiger partial charge in [-0.25, -0.2) is 4.68 Å². The molecule has 1 atom stereocenters. The van der Waals surface area contributed by atoms with Gasteiger partial charge >= 0.3 is 0 Å². The molecule has 1 aliphatic heterocycles. The summed E-state index contributed by atoms with van der Waals surface area (Å²) in [5.41, 5.74) is 1.94. The summed E-state index contributed by atoms with van der Waals surface area (Å²) in [6.07, 6.45) is 0.740. The Labute approximate surface area is 138 Å². The molecule has 122 valence electrons. The van der Waals surface area contributed by atoms with Gasteiger partial charge in [-0.3, -0.25) is 20.0 Å². The number of nitrogens with one attached hydrogen (secondary N) is 3. The third-order valence-corrected chi connectivity index (χ3v) is 4.41. The number of aromatic nitrogens is 2. The van der Waals surface area contributed by atoms with Gasteiger partial charge in [-0.1, -0.05) is 30.3 Å². The van der Waals surface area contributed by atoms with E-state index in [4.69, 9.17) is 0 Å². The van der Waals surface area contributed by atoms with Gasteiger partial charge < -0.3 is 5.32 Å². The van der Waals surface area contributed by atoms with Gasteiger partial charge in [0.05, 0.1) is 16.9 Å². The van der Waals surface area contributed by atoms with Crippen molar-refractivity contribution in [3.63, 3.8) is 0 Å². The topological polar surface area (TPSA) is 78.9 Å². The SMILES string of the molecule is O=c1[nH]n(CC[C@H]2NCc3ccccc3N2)c(=O)c2ccccc12. The van der Waals surface area contributed by atoms with Crippen LogP contribution >= 0.6 is 0 Å². The summed E-state index contributed by atoms with van der Waals surface area (Å²) in [4.78, 5) is 24.6. The molecular formula is C18H18N4O2. The number of aromatic amines is 1. The highest BCUT2D eigenvalue weighted by Gasteiger charge is 2.16. The zero-order chi connectivity index (χ0) is 16.5. The fraction of sp³-hybridized carbons (Fsp3) is 0.222. The summed E-state index contributed by atoms with van der Waals surface area (Å²) in [5, 5.41) is 10.4. The molecule has 0 bridgehead atoms. The molecule has 6 nitrogen and oxygen atoms in total. The Morgan fingerprint density at radius 1 is 1.00 bits per heavy atom. The average molecular weight is 322 g/mol. The number of hydrogen-bond acceptors (Lipinski definition) is 4. The quantitative estimate of drug-likeness (QED) is 0.685. The van der Waals surface area contributed by atoms with Crippen molar-refractivity contribution in [3.05, 3.63) is 74.8 Å². The molecule has 6 heteroatoms. The average Bonchev–Trinajstić information content (AvgIpc) is 2.63. The minimum Gasteiger partial charge on any atom is -0.369 e. The highest BCUT2D eigenvalue weighted by atomic mass is 16.2. The second-order valence-corrected chi connectivity index (χ2v) is 5.97. The Bertz CT molecular complexity index is 1010. The molecule has 0 amide bonds. The molecule has 1 aromatic heterocycles. The van der Waals surface area contributed by atoms with E-state index in [-0.39, 0.29) is 17.3 Å². The molecule has 0 fully saturated rings. The van der Waals surface area contributed by atoms with Gasteiger partial charge in [-0.05, 0) is 23.8 Å². The van der Waals surface area contributed by atoms with Crippen LogP contribution in [0.25, 0.3) is 10.8 Å². The van der Waals surface area contributed by atoms with Gasteiger partial charge in [0.15, 0.2) is 0 Å². The van der Waals surface area contributed by atoms with Crippen LogP contribution in [0.2, 0.25) is 0 Å². The fourth-order valence-corrected chi connectivity index (χ4v) is 3.12. The molecule has 24 heavy (non-hydrogen) atoms. The van der Waals surface area contributed by atoms with E-state index in [0.717, 1.165) is 12.2 Å². The highest BCUT2D eigenvalue weighted by molar-refractivity contribution is 5.80. The smallest absolute Gasteiger partial charge is 0.273 e. The van der Waals surface area contributed by atoms with E-state index >= 15 is 0 Å². The lowest BCUT2D eigenvalue weighted by atomic mass is 10.1. The van der Waals surface area contributed by atoms with Crippen LogP contribution in [-0.4, -0.2) is 15.9 Å². The van der Waals surface area contributed by atoms with Crippen LogP contribution in [0.3, 0.4) is 0 Å². The van der Waals surface area contributed by atoms with E-state index in [2.05, 4.69) is 21.8 Å². The van der Waals surface area contributed by atoms with Crippen molar-refractivity contribution >= 4 is 16.5 Å². The number of fused-ring (bicyclic) bond motifs is 2. The molecular weight excluding hydrogens is 304 g/mol. The largest absolute Gasteiger partial charge is 0.369 e. The maximum absolute atomic E-state index is 12.5. The molecule has 2 aromatic carbocycles. The monoisotopic (exact) mass is 322 g/mol. The maximum Gasteiger partial charge on any atom is 0.273 e. The number of para-hydroxylation sites is 1. The number of aryl methyl sites for hydroxylation is 1. The molecule has 0 aliphatic carbocycles. The van der Waals surface area contributed by atoms with Crippen molar-refractivity contribution < 1.29 is 0 Å². The van der Waals surface area contributed by atoms with Crippen LogP contribution in [0.4, 0.5) is 5.69 Å². The van der Waals surface area contributed by atoms with Crippen molar-refractivity contribution in [2.75, 3.05) is 5.32 Å². The lowest BCUT2D eigenvalue weighted by Crippen LogP contribution is -2.41. The zero-order valence-electron chi connectivity index (χ0n) is 13.1. The van der Waals surface area contributed by atoms with E-state index in [1.54, 1.807) is 24.3 Å². The van der Waals surface area contributed by atoms with E-state index in [0.29, 0.717) is 23.7 Å². The molecule has 4 rings (SSSR count). The molecule has 0 spiro atoms. The van der Waals surface area contributed by atoms with Crippen molar-refractivity contribution in [1.29, 1.82) is 0 Å². The number of nitrogens with zero attached hydrogens (tertiary/aromatic N) is 1. The van der Waals surface area contributed by atoms with Crippen molar-refractivity contribution in [3.8, 4) is 0 Å². The molecule has 0 saturated heterocycles. The summed E-state index contributed by atoms with van der Waals surface area (Å²) in [6, 6.07) is 15.0. The summed E-state index contributed by atoms with van der Waals surface area (Å²) in [6.45, 7) is 1.22. The number of benzene rings is 2. The lowest BCUT2D eigenvalue weighted by molar-refractivity contribution is 0.446. The van der Waals surface area contributed by atoms with E-state index in [1.165, 1.54) is 10.2 Å². The molecule has 3 N–H and O–H groups in total. The van der Waals surface area contributed by atoms with Gasteiger partial charge in [0.25, 0.3) is 11.1 Å². The van der Waals surface area contributed by atoms with E-state index in [9.17, 15) is 9.59 Å². The maximum atomic E-state index is 12.5. The van der Waals surface area contributed by atoms with Gasteiger partial charge in [-0.15, -0.1) is 0 Å². The predicted octanol–water partition coefficient (Wildman–Crippen LogP) is 1.62. The molecule has 3 aromatic rings. The minimum atomic E-state index is -0.236. The number of H-pyrrole nitrogens is 1. The number of hydrogen-bond donors (Lipinski definition) is 3. The first-order valence-electron chi connectivity index (χ1n) is 8.02. The third-order valence-electron chi connectivity index (χ3n) is 4.41. The first kappa shape index (κ1) is 14.7. The Hall–Kier alpha value is -2.86. The van der Waals surface area contributed by atoms with E-state index < -0.39 is 0 Å². The summed E-state index contributed by atoms with van der Waals surface area (Å²) in [5.74, 6) is 0. The number of anilines is 1. The predicted molar refractivity (Wildman–Crippen MR) is 94.1 cm³/mol. The van der Waals surface area contributed by atoms with Crippen LogP contribution in [0.1, 0.15) is 12.0 Å². The normalized spacial score (nSPS) is 16.6. The van der Waals surface area contributed by atoms with Crippen LogP contribution < -0.4 is 21.8 Å². The van der Waals surface area contributed by atoms with Gasteiger partial charge in [0, 0.05) is 25.2 Å². The second kappa shape index (κ2) is 5.98. The van der Waals surface area contributed by atoms with Crippen LogP contribution in [0, 0.1) is 0 Å². The van der Waals surface area contributed by atoms with Crippen LogP contribution in [-0.2, 0) is 13.1 Å². The number of rotatable bonds is 3. The van der Waals surface area contributed by atoms with Crippen molar-refractivity contribution in [2.24, 2.45) is 0 Å². The Morgan fingerprint density at radius 2 is 1.75 bits per heavy atom. The minimum absolute atomic E-state index is 0.0572. The van der Waals surface area contributed by atoms with Crippen LogP contribution in [0.5, 0.6) is 0 Å². The Morgan fingerprint density at radius 3 is 2.62 bits per heavy atom. The van der Waals surface area contributed by atoms with Gasteiger partial charge in [0.2, 0.25) is 0 Å². The Kier molecular flexibility index (Phi) is 3.66. The molecule has 2 heterocycles. The zero-order valence-corrected chi connectivity index (χ0v) is 13.1. The molecule has 1 aliphatic rings. The molecule has 0 unspecified atom stereocenters. The molecule has 0 saturated carbocycles. The summed E-state index contributed by atoms with van der Waals surface area (Å²) in [7, 11) is 0. The Balaban J connectivity index is 1.55. The second-order valence-electron chi connectivity index (χ2n) is 5.97. The van der Waals surface area contributed by atoms with Crippen molar-refractivity contribution in [2.45, 2.75) is 25.7 Å².